The minimum absolute atomic E-state index is 0.0138. The van der Waals surface area contributed by atoms with Crippen LogP contribution in [-0.4, -0.2) is 15.0 Å². The van der Waals surface area contributed by atoms with Gasteiger partial charge in [0.25, 0.3) is 0 Å². The van der Waals surface area contributed by atoms with Crippen molar-refractivity contribution in [2.24, 2.45) is 5.92 Å². The first-order valence-electron chi connectivity index (χ1n) is 7.14. The van der Waals surface area contributed by atoms with Crippen LogP contribution in [0, 0.1) is 11.7 Å². The molecule has 2 aromatic rings. The van der Waals surface area contributed by atoms with Crippen molar-refractivity contribution in [3.8, 4) is 0 Å². The average molecular weight is 305 g/mol. The molecule has 0 bridgehead atoms. The van der Waals surface area contributed by atoms with Gasteiger partial charge in [-0.2, -0.15) is 15.0 Å². The lowest BCUT2D eigenvalue weighted by Gasteiger charge is -2.19. The van der Waals surface area contributed by atoms with E-state index < -0.39 is 6.17 Å². The molecule has 0 saturated carbocycles. The minimum atomic E-state index is -1.34. The summed E-state index contributed by atoms with van der Waals surface area (Å²) in [7, 11) is 0. The molecule has 1 heterocycles. The summed E-state index contributed by atoms with van der Waals surface area (Å²) >= 11 is 0. The molecule has 3 atom stereocenters. The van der Waals surface area contributed by atoms with Crippen LogP contribution in [0.1, 0.15) is 43.0 Å². The number of nitrogens with two attached hydrogens (primary N) is 1. The summed E-state index contributed by atoms with van der Waals surface area (Å²) < 4.78 is 26.9. The summed E-state index contributed by atoms with van der Waals surface area (Å²) in [4.78, 5) is 11.8. The Balaban J connectivity index is 1.92. The van der Waals surface area contributed by atoms with Crippen LogP contribution < -0.4 is 11.1 Å². The van der Waals surface area contributed by atoms with Crippen molar-refractivity contribution in [2.45, 2.75) is 32.5 Å². The Hall–Kier alpha value is -2.31. The molecule has 116 valence electrons. The van der Waals surface area contributed by atoms with Crippen LogP contribution in [0.3, 0.4) is 0 Å². The van der Waals surface area contributed by atoms with E-state index in [-0.39, 0.29) is 35.5 Å². The highest BCUT2D eigenvalue weighted by Crippen LogP contribution is 2.38. The summed E-state index contributed by atoms with van der Waals surface area (Å²) in [5.41, 5.74) is 7.56. The molecule has 3 rings (SSSR count). The number of nitrogens with zero attached hydrogens (tertiary/aromatic N) is 3. The van der Waals surface area contributed by atoms with Gasteiger partial charge in [0.1, 0.15) is 5.82 Å². The van der Waals surface area contributed by atoms with Crippen molar-refractivity contribution in [2.75, 3.05) is 11.1 Å². The highest BCUT2D eigenvalue weighted by atomic mass is 19.1. The van der Waals surface area contributed by atoms with Crippen LogP contribution >= 0.6 is 0 Å². The number of hydrogen-bond acceptors (Lipinski definition) is 5. The monoisotopic (exact) mass is 305 g/mol. The number of hydrogen-bond donors (Lipinski definition) is 2. The van der Waals surface area contributed by atoms with E-state index in [0.29, 0.717) is 0 Å². The fourth-order valence-electron chi connectivity index (χ4n) is 2.82. The van der Waals surface area contributed by atoms with Gasteiger partial charge in [-0.3, -0.25) is 0 Å². The number of rotatable bonds is 3. The van der Waals surface area contributed by atoms with Crippen molar-refractivity contribution in [3.05, 3.63) is 41.0 Å². The number of halogens is 2. The maximum Gasteiger partial charge on any atom is 0.228 e. The molecule has 22 heavy (non-hydrogen) atoms. The Morgan fingerprint density at radius 1 is 1.32 bits per heavy atom. The van der Waals surface area contributed by atoms with E-state index in [1.807, 2.05) is 0 Å². The third-order valence-electron chi connectivity index (χ3n) is 3.86. The lowest BCUT2D eigenvalue weighted by molar-refractivity contribution is 0.356. The van der Waals surface area contributed by atoms with Crippen LogP contribution in [-0.2, 0) is 6.42 Å². The fraction of sp³-hybridized carbons (Fsp3) is 0.400. The molecule has 0 spiro atoms. The average Bonchev–Trinajstić information content (AvgIpc) is 2.74. The van der Waals surface area contributed by atoms with Gasteiger partial charge in [-0.25, -0.2) is 8.78 Å². The highest BCUT2D eigenvalue weighted by Gasteiger charge is 2.30. The molecule has 1 aliphatic rings. The van der Waals surface area contributed by atoms with E-state index in [1.54, 1.807) is 6.07 Å². The second kappa shape index (κ2) is 5.47. The third kappa shape index (κ3) is 2.70. The van der Waals surface area contributed by atoms with Crippen molar-refractivity contribution in [3.63, 3.8) is 0 Å². The standard InChI is InChI=1S/C15H17F2N5/c1-7-5-9-3-4-10(17)6-11(9)12(7)19-15-21-13(8(2)16)20-14(18)22-15/h3-4,6-8,12H,5H2,1-2H3,(H3,18,19,20,21,22)/t7-,8+,12+/m0/s1. The number of aromatic nitrogens is 3. The molecule has 0 radical (unpaired) electrons. The molecule has 1 aromatic heterocycles. The van der Waals surface area contributed by atoms with E-state index in [4.69, 9.17) is 5.73 Å². The van der Waals surface area contributed by atoms with Crippen molar-refractivity contribution >= 4 is 11.9 Å². The molecule has 5 nitrogen and oxygen atoms in total. The SMILES string of the molecule is C[C@@H](F)c1nc(N)nc(N[C@H]2c3cc(F)ccc3C[C@@H]2C)n1. The minimum Gasteiger partial charge on any atom is -0.368 e. The molecule has 7 heteroatoms. The predicted octanol–water partition coefficient (Wildman–Crippen LogP) is 2.97. The zero-order valence-electron chi connectivity index (χ0n) is 12.3. The summed E-state index contributed by atoms with van der Waals surface area (Å²) in [6.07, 6.45) is -0.503. The molecular formula is C15H17F2N5. The molecule has 0 fully saturated rings. The molecular weight excluding hydrogens is 288 g/mol. The number of nitrogens with one attached hydrogen (secondary N) is 1. The van der Waals surface area contributed by atoms with Crippen molar-refractivity contribution < 1.29 is 8.78 Å². The fourth-order valence-corrected chi connectivity index (χ4v) is 2.82. The van der Waals surface area contributed by atoms with Gasteiger partial charge in [0.05, 0.1) is 6.04 Å². The van der Waals surface area contributed by atoms with Crippen LogP contribution in [0.2, 0.25) is 0 Å². The van der Waals surface area contributed by atoms with E-state index in [0.717, 1.165) is 17.5 Å². The third-order valence-corrected chi connectivity index (χ3v) is 3.86. The van der Waals surface area contributed by atoms with E-state index in [2.05, 4.69) is 27.2 Å². The number of fused-ring (bicyclic) bond motifs is 1. The lowest BCUT2D eigenvalue weighted by Crippen LogP contribution is -2.18. The number of alkyl halides is 1. The maximum atomic E-state index is 13.5. The Labute approximate surface area is 127 Å². The first kappa shape index (κ1) is 14.6. The van der Waals surface area contributed by atoms with Crippen molar-refractivity contribution in [1.29, 1.82) is 0 Å². The van der Waals surface area contributed by atoms with Gasteiger partial charge in [-0.05, 0) is 42.5 Å². The first-order valence-corrected chi connectivity index (χ1v) is 7.14. The van der Waals surface area contributed by atoms with Crippen LogP contribution in [0.4, 0.5) is 20.7 Å². The number of benzene rings is 1. The summed E-state index contributed by atoms with van der Waals surface area (Å²) in [6, 6.07) is 4.62. The Bertz CT molecular complexity index is 704. The molecule has 0 saturated heterocycles. The molecule has 0 amide bonds. The topological polar surface area (TPSA) is 76.7 Å². The Kier molecular flexibility index (Phi) is 3.64. The van der Waals surface area contributed by atoms with Crippen molar-refractivity contribution in [1.82, 2.24) is 15.0 Å². The lowest BCUT2D eigenvalue weighted by atomic mass is 10.0. The summed E-state index contributed by atoms with van der Waals surface area (Å²) in [5.74, 6) is 0.108. The van der Waals surface area contributed by atoms with E-state index in [1.165, 1.54) is 19.1 Å². The molecule has 3 N–H and O–H groups in total. The van der Waals surface area contributed by atoms with E-state index >= 15 is 0 Å². The normalized spacial score (nSPS) is 21.5. The zero-order chi connectivity index (χ0) is 15.9. The smallest absolute Gasteiger partial charge is 0.228 e. The van der Waals surface area contributed by atoms with Crippen LogP contribution in [0.5, 0.6) is 0 Å². The van der Waals surface area contributed by atoms with Gasteiger partial charge in [0.15, 0.2) is 12.0 Å². The zero-order valence-corrected chi connectivity index (χ0v) is 12.3. The molecule has 0 aliphatic heterocycles. The van der Waals surface area contributed by atoms with Gasteiger partial charge in [-0.1, -0.05) is 13.0 Å². The number of anilines is 2. The van der Waals surface area contributed by atoms with Gasteiger partial charge in [0, 0.05) is 0 Å². The quantitative estimate of drug-likeness (QED) is 0.911. The highest BCUT2D eigenvalue weighted by molar-refractivity contribution is 5.43. The van der Waals surface area contributed by atoms with Gasteiger partial charge >= 0.3 is 0 Å². The summed E-state index contributed by atoms with van der Waals surface area (Å²) in [5, 5.41) is 3.13. The Morgan fingerprint density at radius 3 is 2.82 bits per heavy atom. The maximum absolute atomic E-state index is 13.5. The second-order valence-electron chi connectivity index (χ2n) is 5.64. The van der Waals surface area contributed by atoms with Crippen LogP contribution in [0.15, 0.2) is 18.2 Å². The largest absolute Gasteiger partial charge is 0.368 e. The molecule has 1 aliphatic carbocycles. The van der Waals surface area contributed by atoms with Crippen LogP contribution in [0.25, 0.3) is 0 Å². The van der Waals surface area contributed by atoms with Gasteiger partial charge in [-0.15, -0.1) is 0 Å². The second-order valence-corrected chi connectivity index (χ2v) is 5.64. The first-order chi connectivity index (χ1) is 10.4. The summed E-state index contributed by atoms with van der Waals surface area (Å²) in [6.45, 7) is 3.39. The molecule has 1 aromatic carbocycles. The van der Waals surface area contributed by atoms with Gasteiger partial charge in [0.2, 0.25) is 11.9 Å². The van der Waals surface area contributed by atoms with Gasteiger partial charge < -0.3 is 11.1 Å². The molecule has 0 unspecified atom stereocenters. The Morgan fingerprint density at radius 2 is 2.09 bits per heavy atom. The number of nitrogen functional groups attached to an aromatic ring is 1. The van der Waals surface area contributed by atoms with E-state index in [9.17, 15) is 8.78 Å². The predicted molar refractivity (Wildman–Crippen MR) is 79.4 cm³/mol.